The summed E-state index contributed by atoms with van der Waals surface area (Å²) in [6.45, 7) is 6.11. The topological polar surface area (TPSA) is 65.2 Å². The number of esters is 1. The van der Waals surface area contributed by atoms with Crippen molar-refractivity contribution in [3.63, 3.8) is 0 Å². The Kier molecular flexibility index (Phi) is 3.41. The van der Waals surface area contributed by atoms with Crippen LogP contribution < -0.4 is 0 Å². The summed E-state index contributed by atoms with van der Waals surface area (Å²) in [5.41, 5.74) is -0.133. The molecule has 0 aromatic carbocycles. The van der Waals surface area contributed by atoms with Gasteiger partial charge in [-0.3, -0.25) is 4.79 Å². The molecule has 1 aliphatic carbocycles. The van der Waals surface area contributed by atoms with Crippen LogP contribution in [0.1, 0.15) is 57.7 Å². The van der Waals surface area contributed by atoms with E-state index in [0.717, 1.165) is 19.3 Å². The molecule has 0 N–H and O–H groups in total. The maximum Gasteiger partial charge on any atom is 0.308 e. The second-order valence-electron chi connectivity index (χ2n) is 5.93. The molecule has 1 heterocycles. The smallest absolute Gasteiger partial charge is 0.308 e. The molecule has 0 saturated heterocycles. The number of rotatable bonds is 2. The van der Waals surface area contributed by atoms with E-state index in [1.165, 1.54) is 7.11 Å². The summed E-state index contributed by atoms with van der Waals surface area (Å²) >= 11 is 0. The molecular formula is C13H20N2O3. The third kappa shape index (κ3) is 2.54. The van der Waals surface area contributed by atoms with E-state index in [-0.39, 0.29) is 23.2 Å². The van der Waals surface area contributed by atoms with E-state index in [4.69, 9.17) is 9.15 Å². The number of carbonyl (C=O) groups is 1. The van der Waals surface area contributed by atoms with Gasteiger partial charge in [-0.2, -0.15) is 0 Å². The largest absolute Gasteiger partial charge is 0.469 e. The van der Waals surface area contributed by atoms with Crippen molar-refractivity contribution in [2.45, 2.75) is 51.4 Å². The van der Waals surface area contributed by atoms with Crippen molar-refractivity contribution in [3.8, 4) is 0 Å². The molecule has 5 nitrogen and oxygen atoms in total. The maximum absolute atomic E-state index is 11.5. The Balaban J connectivity index is 2.06. The zero-order valence-electron chi connectivity index (χ0n) is 11.4. The minimum absolute atomic E-state index is 0.0232. The van der Waals surface area contributed by atoms with E-state index in [0.29, 0.717) is 11.8 Å². The summed E-state index contributed by atoms with van der Waals surface area (Å²) in [4.78, 5) is 11.5. The van der Waals surface area contributed by atoms with Gasteiger partial charge in [-0.05, 0) is 19.3 Å². The fraction of sp³-hybridized carbons (Fsp3) is 0.769. The minimum Gasteiger partial charge on any atom is -0.469 e. The zero-order chi connectivity index (χ0) is 13.3. The molecule has 1 aliphatic rings. The number of methoxy groups -OCH3 is 1. The molecule has 0 spiro atoms. The summed E-state index contributed by atoms with van der Waals surface area (Å²) < 4.78 is 10.5. The number of nitrogens with zero attached hydrogens (tertiary/aromatic N) is 2. The van der Waals surface area contributed by atoms with Gasteiger partial charge in [-0.1, -0.05) is 20.8 Å². The zero-order valence-corrected chi connectivity index (χ0v) is 11.4. The molecule has 0 bridgehead atoms. The molecule has 0 amide bonds. The van der Waals surface area contributed by atoms with Gasteiger partial charge in [0.25, 0.3) is 0 Å². The normalized spacial score (nSPS) is 24.2. The number of aromatic nitrogens is 2. The molecule has 1 aromatic heterocycles. The second-order valence-corrected chi connectivity index (χ2v) is 5.93. The van der Waals surface area contributed by atoms with Gasteiger partial charge < -0.3 is 9.15 Å². The fourth-order valence-electron chi connectivity index (χ4n) is 2.29. The lowest BCUT2D eigenvalue weighted by atomic mass is 9.97. The first-order chi connectivity index (χ1) is 8.41. The van der Waals surface area contributed by atoms with Crippen LogP contribution >= 0.6 is 0 Å². The van der Waals surface area contributed by atoms with Crippen LogP contribution in [0.25, 0.3) is 0 Å². The fourth-order valence-corrected chi connectivity index (χ4v) is 2.29. The van der Waals surface area contributed by atoms with Gasteiger partial charge in [0.1, 0.15) is 0 Å². The van der Waals surface area contributed by atoms with Crippen molar-refractivity contribution in [2.24, 2.45) is 5.92 Å². The molecule has 1 saturated carbocycles. The first-order valence-corrected chi connectivity index (χ1v) is 6.33. The molecule has 1 fully saturated rings. The third-order valence-corrected chi connectivity index (χ3v) is 3.40. The van der Waals surface area contributed by atoms with Crippen LogP contribution in [-0.2, 0) is 14.9 Å². The highest BCUT2D eigenvalue weighted by Gasteiger charge is 2.35. The Bertz CT molecular complexity index is 434. The predicted molar refractivity (Wildman–Crippen MR) is 65.1 cm³/mol. The maximum atomic E-state index is 11.5. The Hall–Kier alpha value is -1.39. The highest BCUT2D eigenvalue weighted by Crippen LogP contribution is 2.38. The van der Waals surface area contributed by atoms with E-state index >= 15 is 0 Å². The number of hydrogen-bond donors (Lipinski definition) is 0. The lowest BCUT2D eigenvalue weighted by Crippen LogP contribution is -2.12. The molecule has 5 heteroatoms. The Labute approximate surface area is 107 Å². The van der Waals surface area contributed by atoms with E-state index in [1.807, 2.05) is 20.8 Å². The van der Waals surface area contributed by atoms with Gasteiger partial charge in [-0.15, -0.1) is 10.2 Å². The summed E-state index contributed by atoms with van der Waals surface area (Å²) in [7, 11) is 1.43. The molecule has 0 radical (unpaired) electrons. The molecule has 2 rings (SSSR count). The van der Waals surface area contributed by atoms with Crippen molar-refractivity contribution in [2.75, 3.05) is 7.11 Å². The van der Waals surface area contributed by atoms with E-state index in [9.17, 15) is 4.79 Å². The standard InChI is InChI=1S/C13H20N2O3/c1-13(2,3)12-15-14-10(18-12)8-5-6-9(7-8)11(16)17-4/h8-9H,5-7H2,1-4H3/t8-,9+/m1/s1. The molecule has 18 heavy (non-hydrogen) atoms. The average Bonchev–Trinajstić information content (AvgIpc) is 2.94. The lowest BCUT2D eigenvalue weighted by molar-refractivity contribution is -0.145. The summed E-state index contributed by atoms with van der Waals surface area (Å²) in [5, 5.41) is 8.20. The molecule has 100 valence electrons. The van der Waals surface area contributed by atoms with Crippen LogP contribution in [0.4, 0.5) is 0 Å². The Morgan fingerprint density at radius 1 is 1.33 bits per heavy atom. The van der Waals surface area contributed by atoms with Gasteiger partial charge in [0.15, 0.2) is 0 Å². The third-order valence-electron chi connectivity index (χ3n) is 3.40. The average molecular weight is 252 g/mol. The summed E-state index contributed by atoms with van der Waals surface area (Å²) in [6, 6.07) is 0. The van der Waals surface area contributed by atoms with Gasteiger partial charge >= 0.3 is 5.97 Å². The van der Waals surface area contributed by atoms with Crippen molar-refractivity contribution in [1.82, 2.24) is 10.2 Å². The molecular weight excluding hydrogens is 232 g/mol. The van der Waals surface area contributed by atoms with Gasteiger partial charge in [-0.25, -0.2) is 0 Å². The molecule has 0 unspecified atom stereocenters. The van der Waals surface area contributed by atoms with Crippen LogP contribution in [0, 0.1) is 5.92 Å². The highest BCUT2D eigenvalue weighted by atomic mass is 16.5. The molecule has 1 aromatic rings. The van der Waals surface area contributed by atoms with Crippen LogP contribution in [0.3, 0.4) is 0 Å². The van der Waals surface area contributed by atoms with Gasteiger partial charge in [0.2, 0.25) is 11.8 Å². The Morgan fingerprint density at radius 3 is 2.61 bits per heavy atom. The SMILES string of the molecule is COC(=O)[C@H]1CC[C@@H](c2nnc(C(C)(C)C)o2)C1. The van der Waals surface area contributed by atoms with Crippen LogP contribution in [-0.4, -0.2) is 23.3 Å². The number of carbonyl (C=O) groups excluding carboxylic acids is 1. The van der Waals surface area contributed by atoms with Crippen molar-refractivity contribution < 1.29 is 13.9 Å². The quantitative estimate of drug-likeness (QED) is 0.756. The monoisotopic (exact) mass is 252 g/mol. The lowest BCUT2D eigenvalue weighted by Gasteiger charge is -2.11. The van der Waals surface area contributed by atoms with Crippen LogP contribution in [0.2, 0.25) is 0 Å². The van der Waals surface area contributed by atoms with Crippen LogP contribution in [0.5, 0.6) is 0 Å². The first-order valence-electron chi connectivity index (χ1n) is 6.33. The summed E-state index contributed by atoms with van der Waals surface area (Å²) in [6.07, 6.45) is 2.49. The van der Waals surface area contributed by atoms with Crippen molar-refractivity contribution in [3.05, 3.63) is 11.8 Å². The predicted octanol–water partition coefficient (Wildman–Crippen LogP) is 2.42. The van der Waals surface area contributed by atoms with Gasteiger partial charge in [0, 0.05) is 11.3 Å². The van der Waals surface area contributed by atoms with E-state index in [1.54, 1.807) is 0 Å². The van der Waals surface area contributed by atoms with Crippen LogP contribution in [0.15, 0.2) is 4.42 Å². The first kappa shape index (κ1) is 13.1. The summed E-state index contributed by atoms with van der Waals surface area (Å²) in [5.74, 6) is 1.35. The Morgan fingerprint density at radius 2 is 2.06 bits per heavy atom. The minimum atomic E-state index is -0.133. The second kappa shape index (κ2) is 4.71. The van der Waals surface area contributed by atoms with Gasteiger partial charge in [0.05, 0.1) is 13.0 Å². The van der Waals surface area contributed by atoms with E-state index < -0.39 is 0 Å². The number of hydrogen-bond acceptors (Lipinski definition) is 5. The molecule has 0 aliphatic heterocycles. The van der Waals surface area contributed by atoms with Crippen molar-refractivity contribution >= 4 is 5.97 Å². The number of ether oxygens (including phenoxy) is 1. The highest BCUT2D eigenvalue weighted by molar-refractivity contribution is 5.72. The van der Waals surface area contributed by atoms with E-state index in [2.05, 4.69) is 10.2 Å². The van der Waals surface area contributed by atoms with Crippen molar-refractivity contribution in [1.29, 1.82) is 0 Å². The molecule has 2 atom stereocenters.